The van der Waals surface area contributed by atoms with Gasteiger partial charge in [0.05, 0.1) is 5.56 Å². The Morgan fingerprint density at radius 2 is 2.08 bits per heavy atom. The van der Waals surface area contributed by atoms with Crippen molar-refractivity contribution in [2.45, 2.75) is 52.4 Å². The van der Waals surface area contributed by atoms with Gasteiger partial charge in [0, 0.05) is 11.3 Å². The van der Waals surface area contributed by atoms with Crippen LogP contribution in [0, 0.1) is 16.7 Å². The highest BCUT2D eigenvalue weighted by Crippen LogP contribution is 2.48. The summed E-state index contributed by atoms with van der Waals surface area (Å²) in [6.07, 6.45) is 3.17. The predicted octanol–water partition coefficient (Wildman–Crippen LogP) is 5.27. The molecule has 3 nitrogen and oxygen atoms in total. The number of carbonyl (C=O) groups is 1. The minimum absolute atomic E-state index is 0.0223. The van der Waals surface area contributed by atoms with Crippen molar-refractivity contribution in [3.8, 4) is 6.07 Å². The van der Waals surface area contributed by atoms with Gasteiger partial charge in [-0.25, -0.2) is 0 Å². The normalized spacial score (nSPS) is 18.2. The zero-order valence-corrected chi connectivity index (χ0v) is 15.9. The van der Waals surface area contributed by atoms with Gasteiger partial charge in [0.15, 0.2) is 0 Å². The maximum absolute atomic E-state index is 12.4. The van der Waals surface area contributed by atoms with Crippen molar-refractivity contribution < 1.29 is 4.79 Å². The summed E-state index contributed by atoms with van der Waals surface area (Å²) in [5.41, 5.74) is 3.18. The molecule has 0 radical (unpaired) electrons. The lowest BCUT2D eigenvalue weighted by Gasteiger charge is -2.33. The summed E-state index contributed by atoms with van der Waals surface area (Å²) in [6.45, 7) is 6.73. The van der Waals surface area contributed by atoms with Crippen LogP contribution in [0.5, 0.6) is 0 Å². The van der Waals surface area contributed by atoms with Gasteiger partial charge in [-0.15, -0.1) is 11.3 Å². The number of thiophene rings is 1. The summed E-state index contributed by atoms with van der Waals surface area (Å²) in [5, 5.41) is 13.4. The first-order valence-corrected chi connectivity index (χ1v) is 9.61. The van der Waals surface area contributed by atoms with Crippen LogP contribution in [-0.4, -0.2) is 5.91 Å². The van der Waals surface area contributed by atoms with E-state index in [1.165, 1.54) is 4.88 Å². The van der Waals surface area contributed by atoms with Crippen LogP contribution in [0.4, 0.5) is 5.00 Å². The molecule has 0 fully saturated rings. The van der Waals surface area contributed by atoms with E-state index >= 15 is 0 Å². The van der Waals surface area contributed by atoms with Crippen molar-refractivity contribution in [2.24, 2.45) is 5.41 Å². The third kappa shape index (κ3) is 3.93. The molecule has 0 aliphatic heterocycles. The molecule has 0 saturated carbocycles. The van der Waals surface area contributed by atoms with Crippen LogP contribution in [0.25, 0.3) is 0 Å². The number of rotatable bonds is 4. The fourth-order valence-corrected chi connectivity index (χ4v) is 5.06. The molecule has 1 aliphatic rings. The second kappa shape index (κ2) is 7.01. The van der Waals surface area contributed by atoms with E-state index in [1.807, 2.05) is 30.3 Å². The number of benzene rings is 1. The van der Waals surface area contributed by atoms with Crippen LogP contribution in [0.3, 0.4) is 0 Å². The highest BCUT2D eigenvalue weighted by Gasteiger charge is 2.34. The number of fused-ring (bicyclic) bond motifs is 1. The Balaban J connectivity index is 1.75. The molecule has 1 heterocycles. The van der Waals surface area contributed by atoms with Crippen molar-refractivity contribution in [2.75, 3.05) is 5.32 Å². The minimum atomic E-state index is -0.0223. The fraction of sp³-hybridized carbons (Fsp3) is 0.429. The van der Waals surface area contributed by atoms with E-state index in [9.17, 15) is 10.1 Å². The van der Waals surface area contributed by atoms with E-state index in [1.54, 1.807) is 11.3 Å². The number of carbonyl (C=O) groups excluding carboxylic acids is 1. The molecule has 1 aliphatic carbocycles. The first-order valence-electron chi connectivity index (χ1n) is 8.79. The summed E-state index contributed by atoms with van der Waals surface area (Å²) >= 11 is 1.59. The molecule has 2 aromatic rings. The SMILES string of the molecule is CC1CC(C)(C)Cc2c1sc(NC(=O)CCc1ccccc1)c2C#N. The average Bonchev–Trinajstić information content (AvgIpc) is 2.90. The summed E-state index contributed by atoms with van der Waals surface area (Å²) in [6, 6.07) is 12.3. The molecule has 0 bridgehead atoms. The molecule has 3 rings (SSSR count). The number of hydrogen-bond donors (Lipinski definition) is 1. The zero-order valence-electron chi connectivity index (χ0n) is 15.1. The van der Waals surface area contributed by atoms with Gasteiger partial charge in [0.25, 0.3) is 0 Å². The monoisotopic (exact) mass is 352 g/mol. The predicted molar refractivity (Wildman–Crippen MR) is 103 cm³/mol. The number of nitrogens with zero attached hydrogens (tertiary/aromatic N) is 1. The molecule has 0 saturated heterocycles. The van der Waals surface area contributed by atoms with E-state index in [2.05, 4.69) is 32.2 Å². The Kier molecular flexibility index (Phi) is 4.96. The number of nitriles is 1. The Labute approximate surface area is 153 Å². The van der Waals surface area contributed by atoms with Crippen LogP contribution in [0.1, 0.15) is 61.1 Å². The Morgan fingerprint density at radius 3 is 2.76 bits per heavy atom. The van der Waals surface area contributed by atoms with Gasteiger partial charge in [-0.3, -0.25) is 4.79 Å². The van der Waals surface area contributed by atoms with E-state index < -0.39 is 0 Å². The quantitative estimate of drug-likeness (QED) is 0.815. The number of nitrogens with one attached hydrogen (secondary N) is 1. The van der Waals surface area contributed by atoms with Crippen LogP contribution >= 0.6 is 11.3 Å². The maximum Gasteiger partial charge on any atom is 0.225 e. The lowest BCUT2D eigenvalue weighted by molar-refractivity contribution is -0.116. The average molecular weight is 353 g/mol. The third-order valence-corrected chi connectivity index (χ3v) is 6.23. The largest absolute Gasteiger partial charge is 0.317 e. The topological polar surface area (TPSA) is 52.9 Å². The molecule has 25 heavy (non-hydrogen) atoms. The lowest BCUT2D eigenvalue weighted by atomic mass is 9.72. The fourth-order valence-electron chi connectivity index (χ4n) is 3.83. The van der Waals surface area contributed by atoms with E-state index in [0.29, 0.717) is 24.3 Å². The summed E-state index contributed by atoms with van der Waals surface area (Å²) in [7, 11) is 0. The molecular weight excluding hydrogens is 328 g/mol. The van der Waals surface area contributed by atoms with Crippen LogP contribution in [0.15, 0.2) is 30.3 Å². The van der Waals surface area contributed by atoms with Crippen LogP contribution in [-0.2, 0) is 17.6 Å². The molecular formula is C21H24N2OS. The third-order valence-electron chi connectivity index (χ3n) is 4.85. The first-order chi connectivity index (χ1) is 11.9. The zero-order chi connectivity index (χ0) is 18.0. The molecule has 1 unspecified atom stereocenters. The second-order valence-corrected chi connectivity index (χ2v) is 8.79. The minimum Gasteiger partial charge on any atom is -0.317 e. The van der Waals surface area contributed by atoms with Crippen molar-refractivity contribution >= 4 is 22.2 Å². The van der Waals surface area contributed by atoms with Crippen molar-refractivity contribution in [3.05, 3.63) is 51.9 Å². The van der Waals surface area contributed by atoms with Crippen molar-refractivity contribution in [1.29, 1.82) is 5.26 Å². The number of anilines is 1. The lowest BCUT2D eigenvalue weighted by Crippen LogP contribution is -2.23. The number of hydrogen-bond acceptors (Lipinski definition) is 3. The summed E-state index contributed by atoms with van der Waals surface area (Å²) in [5.74, 6) is 0.414. The number of aryl methyl sites for hydroxylation is 1. The van der Waals surface area contributed by atoms with Crippen molar-refractivity contribution in [1.82, 2.24) is 0 Å². The Morgan fingerprint density at radius 1 is 1.36 bits per heavy atom. The molecule has 1 amide bonds. The molecule has 1 atom stereocenters. The van der Waals surface area contributed by atoms with Crippen LogP contribution < -0.4 is 5.32 Å². The smallest absolute Gasteiger partial charge is 0.225 e. The van der Waals surface area contributed by atoms with Gasteiger partial charge in [0.2, 0.25) is 5.91 Å². The van der Waals surface area contributed by atoms with Gasteiger partial charge in [-0.05, 0) is 41.7 Å². The molecule has 1 N–H and O–H groups in total. The van der Waals surface area contributed by atoms with Gasteiger partial charge in [-0.2, -0.15) is 5.26 Å². The standard InChI is InChI=1S/C21H24N2OS/c1-14-11-21(2,3)12-16-17(13-22)20(25-19(14)16)23-18(24)10-9-15-7-5-4-6-8-15/h4-8,14H,9-12H2,1-3H3,(H,23,24). The maximum atomic E-state index is 12.4. The first kappa shape index (κ1) is 17.7. The van der Waals surface area contributed by atoms with Gasteiger partial charge in [0.1, 0.15) is 11.1 Å². The molecule has 1 aromatic carbocycles. The highest BCUT2D eigenvalue weighted by molar-refractivity contribution is 7.16. The van der Waals surface area contributed by atoms with E-state index in [4.69, 9.17) is 0 Å². The highest BCUT2D eigenvalue weighted by atomic mass is 32.1. The Hall–Kier alpha value is -2.12. The summed E-state index contributed by atoms with van der Waals surface area (Å²) in [4.78, 5) is 13.6. The van der Waals surface area contributed by atoms with E-state index in [-0.39, 0.29) is 11.3 Å². The van der Waals surface area contributed by atoms with Gasteiger partial charge >= 0.3 is 0 Å². The van der Waals surface area contributed by atoms with Crippen molar-refractivity contribution in [3.63, 3.8) is 0 Å². The van der Waals surface area contributed by atoms with Gasteiger partial charge in [-0.1, -0.05) is 51.1 Å². The van der Waals surface area contributed by atoms with E-state index in [0.717, 1.165) is 29.0 Å². The Bertz CT molecular complexity index is 814. The molecule has 4 heteroatoms. The molecule has 130 valence electrons. The summed E-state index contributed by atoms with van der Waals surface area (Å²) < 4.78 is 0. The second-order valence-electron chi connectivity index (χ2n) is 7.74. The number of amides is 1. The van der Waals surface area contributed by atoms with Crippen LogP contribution in [0.2, 0.25) is 0 Å². The molecule has 1 aromatic heterocycles. The molecule has 0 spiro atoms. The van der Waals surface area contributed by atoms with Gasteiger partial charge < -0.3 is 5.32 Å².